The van der Waals surface area contributed by atoms with Crippen molar-refractivity contribution in [3.8, 4) is 0 Å². The van der Waals surface area contributed by atoms with Crippen LogP contribution in [0, 0.1) is 13.8 Å². The zero-order valence-corrected chi connectivity index (χ0v) is 10.9. The summed E-state index contributed by atoms with van der Waals surface area (Å²) in [6.45, 7) is 8.61. The Kier molecular flexibility index (Phi) is 2.72. The third-order valence-corrected chi connectivity index (χ3v) is 5.26. The van der Waals surface area contributed by atoms with Crippen molar-refractivity contribution in [2.75, 3.05) is 0 Å². The van der Waals surface area contributed by atoms with Crippen molar-refractivity contribution in [1.29, 1.82) is 0 Å². The molecule has 0 aliphatic carbocycles. The fourth-order valence-corrected chi connectivity index (χ4v) is 3.01. The maximum atomic E-state index is 12.3. The van der Waals surface area contributed by atoms with Gasteiger partial charge in [-0.3, -0.25) is 4.68 Å². The number of rotatable bonds is 1. The van der Waals surface area contributed by atoms with Crippen LogP contribution in [0.3, 0.4) is 0 Å². The molecular weight excluding hydrogens is 212 g/mol. The monoisotopic (exact) mass is 230 g/mol. The average molecular weight is 230 g/mol. The van der Waals surface area contributed by atoms with E-state index in [9.17, 15) is 8.42 Å². The number of aromatic nitrogens is 2. The van der Waals surface area contributed by atoms with E-state index in [4.69, 9.17) is 0 Å². The minimum Gasteiger partial charge on any atom is -0.271 e. The Labute approximate surface area is 91.2 Å². The summed E-state index contributed by atoms with van der Waals surface area (Å²) in [6, 6.07) is 0. The Morgan fingerprint density at radius 2 is 1.67 bits per heavy atom. The van der Waals surface area contributed by atoms with Gasteiger partial charge >= 0.3 is 0 Å². The summed E-state index contributed by atoms with van der Waals surface area (Å²) in [7, 11) is -1.55. The molecule has 0 amide bonds. The van der Waals surface area contributed by atoms with Crippen molar-refractivity contribution in [2.24, 2.45) is 7.05 Å². The van der Waals surface area contributed by atoms with Crippen LogP contribution < -0.4 is 0 Å². The highest BCUT2D eigenvalue weighted by molar-refractivity contribution is 7.92. The molecule has 0 aliphatic heterocycles. The molecule has 1 aromatic heterocycles. The van der Waals surface area contributed by atoms with Crippen LogP contribution >= 0.6 is 0 Å². The SMILES string of the molecule is Cc1nn(C)c(C)c1S(=O)(=O)C(C)(C)C. The number of aryl methyl sites for hydroxylation is 2. The van der Waals surface area contributed by atoms with Crippen molar-refractivity contribution in [3.63, 3.8) is 0 Å². The first-order chi connectivity index (χ1) is 6.59. The summed E-state index contributed by atoms with van der Waals surface area (Å²) in [5.74, 6) is 0. The summed E-state index contributed by atoms with van der Waals surface area (Å²) in [5.41, 5.74) is 1.27. The van der Waals surface area contributed by atoms with E-state index < -0.39 is 14.6 Å². The van der Waals surface area contributed by atoms with Crippen LogP contribution in [-0.2, 0) is 16.9 Å². The maximum Gasteiger partial charge on any atom is 0.186 e. The van der Waals surface area contributed by atoms with Crippen LogP contribution in [0.4, 0.5) is 0 Å². The molecule has 0 saturated carbocycles. The van der Waals surface area contributed by atoms with E-state index in [2.05, 4.69) is 5.10 Å². The van der Waals surface area contributed by atoms with E-state index in [0.29, 0.717) is 16.3 Å². The number of sulfone groups is 1. The van der Waals surface area contributed by atoms with E-state index in [1.807, 2.05) is 0 Å². The predicted molar refractivity (Wildman–Crippen MR) is 59.6 cm³/mol. The molecule has 0 aromatic carbocycles. The van der Waals surface area contributed by atoms with Crippen molar-refractivity contribution < 1.29 is 8.42 Å². The first kappa shape index (κ1) is 12.2. The molecule has 0 spiro atoms. The second-order valence-electron chi connectivity index (χ2n) is 4.74. The lowest BCUT2D eigenvalue weighted by Crippen LogP contribution is -2.28. The molecule has 0 saturated heterocycles. The lowest BCUT2D eigenvalue weighted by Gasteiger charge is -2.19. The topological polar surface area (TPSA) is 52.0 Å². The lowest BCUT2D eigenvalue weighted by atomic mass is 10.3. The summed E-state index contributed by atoms with van der Waals surface area (Å²) in [4.78, 5) is 0.373. The van der Waals surface area contributed by atoms with Crippen molar-refractivity contribution in [2.45, 2.75) is 44.3 Å². The van der Waals surface area contributed by atoms with Gasteiger partial charge < -0.3 is 0 Å². The molecule has 0 radical (unpaired) electrons. The standard InChI is InChI=1S/C10H18N2O2S/c1-7-9(8(2)12(6)11-7)15(13,14)10(3,4)5/h1-6H3. The molecule has 5 heteroatoms. The van der Waals surface area contributed by atoms with Crippen LogP contribution in [0.5, 0.6) is 0 Å². The molecule has 1 heterocycles. The van der Waals surface area contributed by atoms with E-state index in [-0.39, 0.29) is 0 Å². The largest absolute Gasteiger partial charge is 0.271 e. The third kappa shape index (κ3) is 1.80. The zero-order chi connectivity index (χ0) is 12.0. The molecule has 1 aromatic rings. The first-order valence-electron chi connectivity index (χ1n) is 4.84. The van der Waals surface area contributed by atoms with Crippen LogP contribution in [0.25, 0.3) is 0 Å². The Morgan fingerprint density at radius 1 is 1.20 bits per heavy atom. The van der Waals surface area contributed by atoms with Gasteiger partial charge in [0.2, 0.25) is 0 Å². The number of hydrogen-bond acceptors (Lipinski definition) is 3. The Hall–Kier alpha value is -0.840. The summed E-state index contributed by atoms with van der Waals surface area (Å²) >= 11 is 0. The Morgan fingerprint density at radius 3 is 1.93 bits per heavy atom. The smallest absolute Gasteiger partial charge is 0.186 e. The molecule has 0 bridgehead atoms. The van der Waals surface area contributed by atoms with Crippen molar-refractivity contribution >= 4 is 9.84 Å². The fourth-order valence-electron chi connectivity index (χ4n) is 1.45. The van der Waals surface area contributed by atoms with Gasteiger partial charge in [-0.25, -0.2) is 8.42 Å². The minimum atomic E-state index is -3.30. The van der Waals surface area contributed by atoms with Crippen LogP contribution in [0.1, 0.15) is 32.2 Å². The van der Waals surface area contributed by atoms with Gasteiger partial charge in [0.1, 0.15) is 4.90 Å². The molecule has 0 aliphatic rings. The molecule has 4 nitrogen and oxygen atoms in total. The van der Waals surface area contributed by atoms with Gasteiger partial charge in [-0.1, -0.05) is 0 Å². The van der Waals surface area contributed by atoms with Gasteiger partial charge in [-0.15, -0.1) is 0 Å². The molecule has 0 N–H and O–H groups in total. The van der Waals surface area contributed by atoms with E-state index in [1.165, 1.54) is 0 Å². The Bertz CT molecular complexity index is 478. The molecular formula is C10H18N2O2S. The van der Waals surface area contributed by atoms with Gasteiger partial charge in [0.15, 0.2) is 9.84 Å². The van der Waals surface area contributed by atoms with Gasteiger partial charge in [0.05, 0.1) is 16.1 Å². The summed E-state index contributed by atoms with van der Waals surface area (Å²) in [5, 5.41) is 4.13. The van der Waals surface area contributed by atoms with E-state index in [1.54, 1.807) is 46.3 Å². The second-order valence-corrected chi connectivity index (χ2v) is 7.38. The molecule has 0 unspecified atom stereocenters. The maximum absolute atomic E-state index is 12.3. The molecule has 1 rings (SSSR count). The third-order valence-electron chi connectivity index (χ3n) is 2.52. The molecule has 15 heavy (non-hydrogen) atoms. The number of hydrogen-bond donors (Lipinski definition) is 0. The minimum absolute atomic E-state index is 0.373. The van der Waals surface area contributed by atoms with Gasteiger partial charge in [-0.2, -0.15) is 5.10 Å². The summed E-state index contributed by atoms with van der Waals surface area (Å²) < 4.78 is 25.3. The van der Waals surface area contributed by atoms with E-state index >= 15 is 0 Å². The van der Waals surface area contributed by atoms with E-state index in [0.717, 1.165) is 0 Å². The Balaban J connectivity index is 3.55. The van der Waals surface area contributed by atoms with Crippen LogP contribution in [0.2, 0.25) is 0 Å². The fraction of sp³-hybridized carbons (Fsp3) is 0.700. The highest BCUT2D eigenvalue weighted by Crippen LogP contribution is 2.29. The second kappa shape index (κ2) is 3.33. The number of nitrogens with zero attached hydrogens (tertiary/aromatic N) is 2. The molecule has 0 fully saturated rings. The first-order valence-corrected chi connectivity index (χ1v) is 6.32. The quantitative estimate of drug-likeness (QED) is 0.736. The van der Waals surface area contributed by atoms with Gasteiger partial charge in [0, 0.05) is 7.05 Å². The summed E-state index contributed by atoms with van der Waals surface area (Å²) in [6.07, 6.45) is 0. The van der Waals surface area contributed by atoms with Gasteiger partial charge in [0.25, 0.3) is 0 Å². The van der Waals surface area contributed by atoms with Crippen LogP contribution in [-0.4, -0.2) is 22.9 Å². The normalized spacial score (nSPS) is 13.2. The highest BCUT2D eigenvalue weighted by atomic mass is 32.2. The average Bonchev–Trinajstić information content (AvgIpc) is 2.24. The predicted octanol–water partition coefficient (Wildman–Crippen LogP) is 1.61. The molecule has 86 valence electrons. The van der Waals surface area contributed by atoms with Crippen LogP contribution in [0.15, 0.2) is 4.90 Å². The lowest BCUT2D eigenvalue weighted by molar-refractivity contribution is 0.558. The highest BCUT2D eigenvalue weighted by Gasteiger charge is 2.35. The van der Waals surface area contributed by atoms with Gasteiger partial charge in [-0.05, 0) is 34.6 Å². The van der Waals surface area contributed by atoms with Crippen molar-refractivity contribution in [3.05, 3.63) is 11.4 Å². The zero-order valence-electron chi connectivity index (χ0n) is 10.1. The molecule has 0 atom stereocenters. The van der Waals surface area contributed by atoms with Crippen molar-refractivity contribution in [1.82, 2.24) is 9.78 Å².